The van der Waals surface area contributed by atoms with Gasteiger partial charge in [0, 0.05) is 53.6 Å². The number of aliphatic hydroxyl groups is 1. The van der Waals surface area contributed by atoms with E-state index in [1.54, 1.807) is 30.6 Å². The van der Waals surface area contributed by atoms with Crippen molar-refractivity contribution in [3.63, 3.8) is 0 Å². The van der Waals surface area contributed by atoms with Gasteiger partial charge in [0.2, 0.25) is 0 Å². The van der Waals surface area contributed by atoms with E-state index in [0.717, 1.165) is 39.8 Å². The fourth-order valence-electron chi connectivity index (χ4n) is 5.10. The maximum Gasteiger partial charge on any atom is 0.295 e. The normalized spacial score (nSPS) is 20.9. The summed E-state index contributed by atoms with van der Waals surface area (Å²) >= 11 is 0. The molecular weight excluding hydrogens is 442 g/mol. The molecule has 1 saturated heterocycles. The summed E-state index contributed by atoms with van der Waals surface area (Å²) in [6.07, 6.45) is 5.92. The zero-order chi connectivity index (χ0) is 24.1. The van der Waals surface area contributed by atoms with Crippen LogP contribution in [0.3, 0.4) is 0 Å². The van der Waals surface area contributed by atoms with E-state index in [0.29, 0.717) is 5.56 Å². The van der Waals surface area contributed by atoms with Gasteiger partial charge in [0.05, 0.1) is 11.6 Å². The summed E-state index contributed by atoms with van der Waals surface area (Å²) < 4.78 is 5.78. The van der Waals surface area contributed by atoms with Crippen LogP contribution in [0.4, 0.5) is 0 Å². The van der Waals surface area contributed by atoms with Gasteiger partial charge in [0.1, 0.15) is 17.6 Å². The van der Waals surface area contributed by atoms with Gasteiger partial charge >= 0.3 is 0 Å². The van der Waals surface area contributed by atoms with Crippen molar-refractivity contribution < 1.29 is 19.4 Å². The smallest absolute Gasteiger partial charge is 0.295 e. The van der Waals surface area contributed by atoms with E-state index in [2.05, 4.69) is 9.97 Å². The van der Waals surface area contributed by atoms with Crippen LogP contribution in [-0.4, -0.2) is 37.8 Å². The lowest BCUT2D eigenvalue weighted by Crippen LogP contribution is -2.29. The van der Waals surface area contributed by atoms with Crippen molar-refractivity contribution in [2.24, 2.45) is 0 Å². The molecule has 2 aromatic carbocycles. The number of rotatable bonds is 4. The highest BCUT2D eigenvalue weighted by Crippen LogP contribution is 2.43. The summed E-state index contributed by atoms with van der Waals surface area (Å²) in [5.74, 6) is -0.760. The third kappa shape index (κ3) is 3.47. The Bertz CT molecular complexity index is 1510. The van der Waals surface area contributed by atoms with E-state index in [4.69, 9.17) is 4.74 Å². The maximum atomic E-state index is 13.4. The predicted octanol–water partition coefficient (Wildman–Crippen LogP) is 4.51. The van der Waals surface area contributed by atoms with Crippen LogP contribution in [0.25, 0.3) is 16.7 Å². The number of H-pyrrole nitrogens is 1. The number of Topliss-reactive ketones (excluding diaryl/α,β-unsaturated/α-hetero) is 1. The second kappa shape index (κ2) is 8.13. The molecule has 174 valence electrons. The highest BCUT2D eigenvalue weighted by molar-refractivity contribution is 6.46. The van der Waals surface area contributed by atoms with Gasteiger partial charge < -0.3 is 19.7 Å². The number of nitrogens with one attached hydrogen (secondary N) is 1. The third-order valence-electron chi connectivity index (χ3n) is 6.70. The standard InChI is InChI=1S/C28H23N3O4/c1-16-11-19-12-18(8-9-23(19)35-16)26(32)24-25(21-14-30-22-7-3-2-6-20(21)22)31(28(34)27(24)33)15-17-5-4-10-29-13-17/h2-10,12-14,16,25,30,32H,11,15H2,1H3/b26-24+. The number of ketones is 1. The molecule has 7 nitrogen and oxygen atoms in total. The average Bonchev–Trinajstić information content (AvgIpc) is 3.53. The van der Waals surface area contributed by atoms with E-state index in [1.165, 1.54) is 4.90 Å². The molecule has 7 heteroatoms. The van der Waals surface area contributed by atoms with Crippen molar-refractivity contribution in [3.8, 4) is 5.75 Å². The number of para-hydroxylation sites is 1. The fraction of sp³-hybridized carbons (Fsp3) is 0.179. The molecule has 4 aromatic rings. The molecule has 2 N–H and O–H groups in total. The number of aromatic amines is 1. The molecule has 35 heavy (non-hydrogen) atoms. The molecular formula is C28H23N3O4. The van der Waals surface area contributed by atoms with Gasteiger partial charge in [-0.25, -0.2) is 0 Å². The number of benzene rings is 2. The minimum atomic E-state index is -0.755. The van der Waals surface area contributed by atoms with Gasteiger partial charge in [-0.15, -0.1) is 0 Å². The first-order valence-corrected chi connectivity index (χ1v) is 11.5. The van der Waals surface area contributed by atoms with Crippen LogP contribution in [0.5, 0.6) is 5.75 Å². The summed E-state index contributed by atoms with van der Waals surface area (Å²) in [5, 5.41) is 12.3. The zero-order valence-corrected chi connectivity index (χ0v) is 19.1. The second-order valence-electron chi connectivity index (χ2n) is 9.03. The summed E-state index contributed by atoms with van der Waals surface area (Å²) in [4.78, 5) is 35.6. The summed E-state index contributed by atoms with van der Waals surface area (Å²) in [7, 11) is 0. The summed E-state index contributed by atoms with van der Waals surface area (Å²) in [6, 6.07) is 16.0. The number of pyridine rings is 1. The Morgan fingerprint density at radius 2 is 2.03 bits per heavy atom. The molecule has 0 bridgehead atoms. The Labute approximate surface area is 201 Å². The van der Waals surface area contributed by atoms with Crippen molar-refractivity contribution in [1.82, 2.24) is 14.9 Å². The van der Waals surface area contributed by atoms with Crippen molar-refractivity contribution in [2.75, 3.05) is 0 Å². The third-order valence-corrected chi connectivity index (χ3v) is 6.70. The first-order chi connectivity index (χ1) is 17.0. The van der Waals surface area contributed by atoms with E-state index in [1.807, 2.05) is 49.5 Å². The van der Waals surface area contributed by atoms with E-state index in [9.17, 15) is 14.7 Å². The van der Waals surface area contributed by atoms with Gasteiger partial charge in [0.25, 0.3) is 11.7 Å². The van der Waals surface area contributed by atoms with Crippen LogP contribution in [-0.2, 0) is 22.6 Å². The monoisotopic (exact) mass is 465 g/mol. The maximum absolute atomic E-state index is 13.4. The van der Waals surface area contributed by atoms with Crippen molar-refractivity contribution in [2.45, 2.75) is 32.0 Å². The van der Waals surface area contributed by atoms with Crippen molar-refractivity contribution in [1.29, 1.82) is 0 Å². The zero-order valence-electron chi connectivity index (χ0n) is 19.1. The van der Waals surface area contributed by atoms with Crippen molar-refractivity contribution in [3.05, 3.63) is 101 Å². The lowest BCUT2D eigenvalue weighted by atomic mass is 9.94. The molecule has 0 radical (unpaired) electrons. The van der Waals surface area contributed by atoms with E-state index < -0.39 is 17.7 Å². The summed E-state index contributed by atoms with van der Waals surface area (Å²) in [5.41, 5.74) is 3.97. The molecule has 2 unspecified atom stereocenters. The van der Waals surface area contributed by atoms with E-state index >= 15 is 0 Å². The topological polar surface area (TPSA) is 95.5 Å². The molecule has 1 fully saturated rings. The number of hydrogen-bond donors (Lipinski definition) is 2. The Morgan fingerprint density at radius 1 is 1.17 bits per heavy atom. The first-order valence-electron chi connectivity index (χ1n) is 11.5. The number of aliphatic hydroxyl groups excluding tert-OH is 1. The fourth-order valence-corrected chi connectivity index (χ4v) is 5.10. The number of amides is 1. The Kier molecular flexibility index (Phi) is 4.91. The number of fused-ring (bicyclic) bond motifs is 2. The van der Waals surface area contributed by atoms with Crippen LogP contribution < -0.4 is 4.74 Å². The molecule has 2 aliphatic rings. The van der Waals surface area contributed by atoms with Crippen LogP contribution in [0, 0.1) is 0 Å². The SMILES string of the molecule is CC1Cc2cc(/C(O)=C3\C(=O)C(=O)N(Cc4cccnc4)C3c3c[nH]c4ccccc34)ccc2O1. The van der Waals surface area contributed by atoms with Crippen LogP contribution in [0.2, 0.25) is 0 Å². The first kappa shape index (κ1) is 21.2. The molecule has 0 spiro atoms. The molecule has 2 aliphatic heterocycles. The molecule has 2 aromatic heterocycles. The van der Waals surface area contributed by atoms with Gasteiger partial charge in [-0.1, -0.05) is 24.3 Å². The molecule has 6 rings (SSSR count). The number of likely N-dealkylation sites (tertiary alicyclic amines) is 1. The summed E-state index contributed by atoms with van der Waals surface area (Å²) in [6.45, 7) is 2.18. The molecule has 1 amide bonds. The lowest BCUT2D eigenvalue weighted by Gasteiger charge is -2.25. The molecule has 0 aliphatic carbocycles. The highest BCUT2D eigenvalue weighted by atomic mass is 16.5. The molecule has 0 saturated carbocycles. The predicted molar refractivity (Wildman–Crippen MR) is 131 cm³/mol. The van der Waals surface area contributed by atoms with E-state index in [-0.39, 0.29) is 24.0 Å². The van der Waals surface area contributed by atoms with Crippen molar-refractivity contribution >= 4 is 28.4 Å². The van der Waals surface area contributed by atoms with Crippen LogP contribution in [0.1, 0.15) is 35.2 Å². The Hall–Kier alpha value is -4.39. The second-order valence-corrected chi connectivity index (χ2v) is 9.03. The minimum absolute atomic E-state index is 0.0543. The Balaban J connectivity index is 1.52. The van der Waals surface area contributed by atoms with Gasteiger partial charge in [0.15, 0.2) is 0 Å². The number of hydrogen-bond acceptors (Lipinski definition) is 5. The van der Waals surface area contributed by atoms with Gasteiger partial charge in [-0.05, 0) is 48.4 Å². The molecule has 4 heterocycles. The number of carbonyl (C=O) groups is 2. The van der Waals surface area contributed by atoms with Gasteiger partial charge in [-0.3, -0.25) is 14.6 Å². The number of nitrogens with zero attached hydrogens (tertiary/aromatic N) is 2. The van der Waals surface area contributed by atoms with Crippen LogP contribution in [0.15, 0.2) is 78.8 Å². The minimum Gasteiger partial charge on any atom is -0.507 e. The number of aromatic nitrogens is 2. The van der Waals surface area contributed by atoms with Crippen LogP contribution >= 0.6 is 0 Å². The highest BCUT2D eigenvalue weighted by Gasteiger charge is 2.47. The number of ether oxygens (including phenoxy) is 1. The average molecular weight is 466 g/mol. The Morgan fingerprint density at radius 3 is 2.86 bits per heavy atom. The lowest BCUT2D eigenvalue weighted by molar-refractivity contribution is -0.140. The van der Waals surface area contributed by atoms with Gasteiger partial charge in [-0.2, -0.15) is 0 Å². The largest absolute Gasteiger partial charge is 0.507 e. The quantitative estimate of drug-likeness (QED) is 0.263. The molecule has 2 atom stereocenters. The number of carbonyl (C=O) groups excluding carboxylic acids is 2.